The van der Waals surface area contributed by atoms with Gasteiger partial charge in [-0.05, 0) is 49.6 Å². The zero-order valence-electron chi connectivity index (χ0n) is 15.1. The number of nitrogens with zero attached hydrogens (tertiary/aromatic N) is 3. The number of ether oxygens (including phenoxy) is 2. The number of hydrogen-bond acceptors (Lipinski definition) is 6. The van der Waals surface area contributed by atoms with Gasteiger partial charge in [0.25, 0.3) is 0 Å². The third kappa shape index (κ3) is 2.77. The molecular formula is C20H21N3O3. The fraction of sp³-hybridized carbons (Fsp3) is 0.300. The van der Waals surface area contributed by atoms with Gasteiger partial charge in [0, 0.05) is 17.3 Å². The largest absolute Gasteiger partial charge is 0.493 e. The molecule has 0 saturated heterocycles. The lowest BCUT2D eigenvalue weighted by Crippen LogP contribution is -2.33. The Morgan fingerprint density at radius 3 is 2.69 bits per heavy atom. The minimum Gasteiger partial charge on any atom is -0.493 e. The summed E-state index contributed by atoms with van der Waals surface area (Å²) in [5.41, 5.74) is 3.25. The molecule has 6 nitrogen and oxygen atoms in total. The lowest BCUT2D eigenvalue weighted by molar-refractivity contribution is 0.355. The normalized spacial score (nSPS) is 16.3. The molecule has 0 amide bonds. The molecule has 1 unspecified atom stereocenters. The van der Waals surface area contributed by atoms with E-state index in [1.54, 1.807) is 14.2 Å². The molecule has 0 bridgehead atoms. The van der Waals surface area contributed by atoms with Crippen LogP contribution in [-0.2, 0) is 6.42 Å². The van der Waals surface area contributed by atoms with Crippen molar-refractivity contribution in [2.75, 3.05) is 19.1 Å². The first-order chi connectivity index (χ1) is 12.7. The highest BCUT2D eigenvalue weighted by molar-refractivity contribution is 5.66. The van der Waals surface area contributed by atoms with Crippen molar-refractivity contribution in [1.82, 2.24) is 10.1 Å². The minimum absolute atomic E-state index is 0.295. The molecule has 1 atom stereocenters. The van der Waals surface area contributed by atoms with Gasteiger partial charge < -0.3 is 14.0 Å². The van der Waals surface area contributed by atoms with Gasteiger partial charge in [-0.25, -0.2) is 0 Å². The van der Waals surface area contributed by atoms with Gasteiger partial charge in [-0.15, -0.1) is 0 Å². The van der Waals surface area contributed by atoms with Crippen LogP contribution < -0.4 is 14.4 Å². The quantitative estimate of drug-likeness (QED) is 0.701. The van der Waals surface area contributed by atoms with Gasteiger partial charge in [0.2, 0.25) is 5.82 Å². The van der Waals surface area contributed by atoms with Crippen LogP contribution in [0.15, 0.2) is 47.0 Å². The molecule has 0 radical (unpaired) electrons. The van der Waals surface area contributed by atoms with Crippen LogP contribution in [0.5, 0.6) is 11.5 Å². The van der Waals surface area contributed by atoms with Gasteiger partial charge >= 0.3 is 6.01 Å². The van der Waals surface area contributed by atoms with Gasteiger partial charge in [0.15, 0.2) is 11.5 Å². The number of benzene rings is 2. The summed E-state index contributed by atoms with van der Waals surface area (Å²) in [5.74, 6) is 1.82. The van der Waals surface area contributed by atoms with E-state index in [2.05, 4.69) is 40.2 Å². The van der Waals surface area contributed by atoms with Crippen LogP contribution in [0.25, 0.3) is 11.4 Å². The average Bonchev–Trinajstić information content (AvgIpc) is 3.17. The highest BCUT2D eigenvalue weighted by atomic mass is 16.5. The Bertz CT molecular complexity index is 922. The molecule has 0 aliphatic carbocycles. The zero-order valence-corrected chi connectivity index (χ0v) is 15.1. The van der Waals surface area contributed by atoms with E-state index in [0.717, 1.165) is 24.1 Å². The molecule has 1 aliphatic heterocycles. The number of hydrogen-bond donors (Lipinski definition) is 0. The van der Waals surface area contributed by atoms with Gasteiger partial charge in [-0.2, -0.15) is 4.98 Å². The summed E-state index contributed by atoms with van der Waals surface area (Å²) >= 11 is 0. The third-order valence-corrected chi connectivity index (χ3v) is 4.79. The second kappa shape index (κ2) is 6.71. The van der Waals surface area contributed by atoms with E-state index >= 15 is 0 Å². The molecule has 26 heavy (non-hydrogen) atoms. The van der Waals surface area contributed by atoms with E-state index in [-0.39, 0.29) is 0 Å². The highest BCUT2D eigenvalue weighted by Gasteiger charge is 2.28. The fourth-order valence-corrected chi connectivity index (χ4v) is 3.39. The summed E-state index contributed by atoms with van der Waals surface area (Å²) in [4.78, 5) is 6.76. The van der Waals surface area contributed by atoms with E-state index in [1.165, 1.54) is 5.56 Å². The molecule has 2 aromatic carbocycles. The summed E-state index contributed by atoms with van der Waals surface area (Å²) in [7, 11) is 3.22. The molecule has 3 aromatic rings. The number of para-hydroxylation sites is 1. The van der Waals surface area contributed by atoms with Crippen LogP contribution in [0.3, 0.4) is 0 Å². The van der Waals surface area contributed by atoms with Crippen LogP contribution in [0.4, 0.5) is 11.7 Å². The average molecular weight is 351 g/mol. The Morgan fingerprint density at radius 2 is 1.88 bits per heavy atom. The minimum atomic E-state index is 0.295. The first-order valence-electron chi connectivity index (χ1n) is 8.64. The summed E-state index contributed by atoms with van der Waals surface area (Å²) in [6.07, 6.45) is 2.11. The predicted molar refractivity (Wildman–Crippen MR) is 99.2 cm³/mol. The first-order valence-corrected chi connectivity index (χ1v) is 8.64. The standard InChI is InChI=1S/C20H21N3O3/c1-13-8-9-14-6-4-5-7-16(14)23(13)20-21-19(22-26-20)15-10-11-17(24-2)18(12-15)25-3/h4-7,10-13H,8-9H2,1-3H3. The Balaban J connectivity index is 1.71. The highest BCUT2D eigenvalue weighted by Crippen LogP contribution is 2.37. The number of anilines is 2. The third-order valence-electron chi connectivity index (χ3n) is 4.79. The molecule has 1 aliphatic rings. The Morgan fingerprint density at radius 1 is 1.08 bits per heavy atom. The van der Waals surface area contributed by atoms with Crippen molar-refractivity contribution in [1.29, 1.82) is 0 Å². The van der Waals surface area contributed by atoms with E-state index in [4.69, 9.17) is 14.0 Å². The topological polar surface area (TPSA) is 60.6 Å². The van der Waals surface area contributed by atoms with Gasteiger partial charge in [-0.1, -0.05) is 23.4 Å². The van der Waals surface area contributed by atoms with Crippen molar-refractivity contribution in [3.05, 3.63) is 48.0 Å². The Labute approximate surface area is 152 Å². The molecule has 2 heterocycles. The molecule has 1 aromatic heterocycles. The van der Waals surface area contributed by atoms with Crippen molar-refractivity contribution >= 4 is 11.7 Å². The molecule has 0 spiro atoms. The van der Waals surface area contributed by atoms with Crippen LogP contribution >= 0.6 is 0 Å². The maximum atomic E-state index is 5.61. The predicted octanol–water partition coefficient (Wildman–Crippen LogP) is 4.23. The van der Waals surface area contributed by atoms with E-state index in [9.17, 15) is 0 Å². The second-order valence-electron chi connectivity index (χ2n) is 6.36. The van der Waals surface area contributed by atoms with Crippen LogP contribution in [0, 0.1) is 0 Å². The smallest absolute Gasteiger partial charge is 0.329 e. The maximum absolute atomic E-state index is 5.61. The van der Waals surface area contributed by atoms with Crippen molar-refractivity contribution in [2.24, 2.45) is 0 Å². The maximum Gasteiger partial charge on any atom is 0.329 e. The van der Waals surface area contributed by atoms with Gasteiger partial charge in [-0.3, -0.25) is 4.90 Å². The molecule has 4 rings (SSSR count). The zero-order chi connectivity index (χ0) is 18.1. The lowest BCUT2D eigenvalue weighted by Gasteiger charge is -2.33. The number of rotatable bonds is 4. The van der Waals surface area contributed by atoms with Crippen LogP contribution in [0.1, 0.15) is 18.9 Å². The summed E-state index contributed by atoms with van der Waals surface area (Å²) in [5, 5.41) is 4.18. The molecule has 0 saturated carbocycles. The molecule has 134 valence electrons. The number of aryl methyl sites for hydroxylation is 1. The molecule has 0 fully saturated rings. The summed E-state index contributed by atoms with van der Waals surface area (Å²) in [6.45, 7) is 2.18. The summed E-state index contributed by atoms with van der Waals surface area (Å²) < 4.78 is 16.3. The fourth-order valence-electron chi connectivity index (χ4n) is 3.39. The number of fused-ring (bicyclic) bond motifs is 1. The van der Waals surface area contributed by atoms with Gasteiger partial charge in [0.1, 0.15) is 0 Å². The lowest BCUT2D eigenvalue weighted by atomic mass is 9.97. The number of aromatic nitrogens is 2. The van der Waals surface area contributed by atoms with Gasteiger partial charge in [0.05, 0.1) is 14.2 Å². The van der Waals surface area contributed by atoms with Crippen molar-refractivity contribution < 1.29 is 14.0 Å². The van der Waals surface area contributed by atoms with Crippen molar-refractivity contribution in [3.63, 3.8) is 0 Å². The van der Waals surface area contributed by atoms with Crippen LogP contribution in [-0.4, -0.2) is 30.4 Å². The monoisotopic (exact) mass is 351 g/mol. The first kappa shape index (κ1) is 16.4. The van der Waals surface area contributed by atoms with Crippen molar-refractivity contribution in [3.8, 4) is 22.9 Å². The van der Waals surface area contributed by atoms with Crippen molar-refractivity contribution in [2.45, 2.75) is 25.8 Å². The Hall–Kier alpha value is -3.02. The van der Waals surface area contributed by atoms with E-state index < -0.39 is 0 Å². The van der Waals surface area contributed by atoms with E-state index in [1.807, 2.05) is 24.3 Å². The molecule has 6 heteroatoms. The van der Waals surface area contributed by atoms with E-state index in [0.29, 0.717) is 29.4 Å². The van der Waals surface area contributed by atoms with Crippen LogP contribution in [0.2, 0.25) is 0 Å². The summed E-state index contributed by atoms with van der Waals surface area (Å²) in [6, 6.07) is 14.7. The Kier molecular flexibility index (Phi) is 4.24. The molecular weight excluding hydrogens is 330 g/mol. The molecule has 0 N–H and O–H groups in total. The SMILES string of the molecule is COc1ccc(-c2noc(N3c4ccccc4CCC3C)n2)cc1OC. The second-order valence-corrected chi connectivity index (χ2v) is 6.36. The number of methoxy groups -OCH3 is 2.